The van der Waals surface area contributed by atoms with Gasteiger partial charge in [0, 0.05) is 5.38 Å². The van der Waals surface area contributed by atoms with Gasteiger partial charge in [0.25, 0.3) is 0 Å². The number of carbonyl (C=O) groups is 1. The Kier molecular flexibility index (Phi) is 4.16. The zero-order chi connectivity index (χ0) is 13.8. The first kappa shape index (κ1) is 13.5. The average Bonchev–Trinajstić information content (AvgIpc) is 2.86. The molecule has 19 heavy (non-hydrogen) atoms. The first-order chi connectivity index (χ1) is 9.11. The number of ether oxygens (including phenoxy) is 1. The van der Waals surface area contributed by atoms with Crippen LogP contribution < -0.4 is 5.32 Å². The second kappa shape index (κ2) is 5.84. The highest BCUT2D eigenvalue weighted by atomic mass is 32.1. The van der Waals surface area contributed by atoms with Crippen LogP contribution in [0.5, 0.6) is 0 Å². The molecule has 1 aromatic carbocycles. The Bertz CT molecular complexity index is 580. The highest BCUT2D eigenvalue weighted by molar-refractivity contribution is 7.13. The average molecular weight is 276 g/mol. The maximum Gasteiger partial charge on any atom is 0.357 e. The Balaban J connectivity index is 2.11. The number of hydrogen-bond acceptors (Lipinski definition) is 5. The molecule has 0 saturated heterocycles. The Labute approximate surface area is 116 Å². The molecule has 0 radical (unpaired) electrons. The second-order valence-electron chi connectivity index (χ2n) is 4.25. The van der Waals surface area contributed by atoms with Gasteiger partial charge >= 0.3 is 5.97 Å². The van der Waals surface area contributed by atoms with Gasteiger partial charge in [-0.1, -0.05) is 24.3 Å². The van der Waals surface area contributed by atoms with E-state index in [1.54, 1.807) is 5.38 Å². The first-order valence-corrected chi connectivity index (χ1v) is 6.85. The zero-order valence-corrected chi connectivity index (χ0v) is 12.0. The lowest BCUT2D eigenvalue weighted by molar-refractivity contribution is 0.0595. The van der Waals surface area contributed by atoms with Crippen LogP contribution in [0.25, 0.3) is 0 Å². The lowest BCUT2D eigenvalue weighted by atomic mass is 10.0. The summed E-state index contributed by atoms with van der Waals surface area (Å²) < 4.78 is 4.64. The van der Waals surface area contributed by atoms with Crippen LogP contribution in [0.3, 0.4) is 0 Å². The molecule has 4 nitrogen and oxygen atoms in total. The van der Waals surface area contributed by atoms with E-state index in [4.69, 9.17) is 0 Å². The summed E-state index contributed by atoms with van der Waals surface area (Å²) in [5.74, 6) is -0.409. The van der Waals surface area contributed by atoms with Crippen LogP contribution >= 0.6 is 11.3 Å². The van der Waals surface area contributed by atoms with Crippen LogP contribution in [0.1, 0.15) is 34.6 Å². The zero-order valence-electron chi connectivity index (χ0n) is 11.1. The Morgan fingerprint density at radius 1 is 1.42 bits per heavy atom. The SMILES string of the molecule is COC(=O)c1csc(NC(C)c2ccccc2C)n1. The molecular formula is C14H16N2O2S. The maximum absolute atomic E-state index is 11.3. The number of nitrogens with zero attached hydrogens (tertiary/aromatic N) is 1. The van der Waals surface area contributed by atoms with Gasteiger partial charge in [0.05, 0.1) is 13.2 Å². The summed E-state index contributed by atoms with van der Waals surface area (Å²) in [7, 11) is 1.35. The number of anilines is 1. The number of benzene rings is 1. The topological polar surface area (TPSA) is 51.2 Å². The van der Waals surface area contributed by atoms with E-state index in [-0.39, 0.29) is 6.04 Å². The van der Waals surface area contributed by atoms with Gasteiger partial charge in [-0.2, -0.15) is 0 Å². The fourth-order valence-electron chi connectivity index (χ4n) is 1.87. The molecule has 0 saturated carbocycles. The number of carbonyl (C=O) groups excluding carboxylic acids is 1. The van der Waals surface area contributed by atoms with Gasteiger partial charge in [0.15, 0.2) is 10.8 Å². The second-order valence-corrected chi connectivity index (χ2v) is 5.11. The molecule has 2 aromatic rings. The van der Waals surface area contributed by atoms with Crippen molar-refractivity contribution in [3.05, 3.63) is 46.5 Å². The minimum absolute atomic E-state index is 0.137. The van der Waals surface area contributed by atoms with Crippen molar-refractivity contribution in [1.29, 1.82) is 0 Å². The summed E-state index contributed by atoms with van der Waals surface area (Å²) in [6.07, 6.45) is 0. The molecule has 1 unspecified atom stereocenters. The first-order valence-electron chi connectivity index (χ1n) is 5.97. The van der Waals surface area contributed by atoms with Gasteiger partial charge in [-0.3, -0.25) is 0 Å². The molecule has 1 N–H and O–H groups in total. The van der Waals surface area contributed by atoms with Gasteiger partial charge in [0.1, 0.15) is 0 Å². The van der Waals surface area contributed by atoms with Gasteiger partial charge in [-0.15, -0.1) is 11.3 Å². The highest BCUT2D eigenvalue weighted by Crippen LogP contribution is 2.24. The lowest BCUT2D eigenvalue weighted by Crippen LogP contribution is -2.08. The standard InChI is InChI=1S/C14H16N2O2S/c1-9-6-4-5-7-11(9)10(2)15-14-16-12(8-19-14)13(17)18-3/h4-8,10H,1-3H3,(H,15,16). The molecular weight excluding hydrogens is 260 g/mol. The molecule has 1 heterocycles. The molecule has 1 atom stereocenters. The minimum Gasteiger partial charge on any atom is -0.464 e. The molecule has 0 bridgehead atoms. The number of methoxy groups -OCH3 is 1. The van der Waals surface area contributed by atoms with Crippen LogP contribution in [0.15, 0.2) is 29.6 Å². The molecule has 0 aliphatic carbocycles. The van der Waals surface area contributed by atoms with Crippen LogP contribution in [0.4, 0.5) is 5.13 Å². The monoisotopic (exact) mass is 276 g/mol. The van der Waals surface area contributed by atoms with E-state index >= 15 is 0 Å². The van der Waals surface area contributed by atoms with Gasteiger partial charge in [-0.25, -0.2) is 9.78 Å². The summed E-state index contributed by atoms with van der Waals surface area (Å²) in [6, 6.07) is 8.33. The molecule has 5 heteroatoms. The third kappa shape index (κ3) is 3.12. The van der Waals surface area contributed by atoms with E-state index in [0.717, 1.165) is 5.13 Å². The smallest absolute Gasteiger partial charge is 0.357 e. The van der Waals surface area contributed by atoms with Gasteiger partial charge in [0.2, 0.25) is 0 Å². The van der Waals surface area contributed by atoms with Crippen LogP contribution in [0.2, 0.25) is 0 Å². The van der Waals surface area contributed by atoms with E-state index in [0.29, 0.717) is 5.69 Å². The third-order valence-electron chi connectivity index (χ3n) is 2.89. The molecule has 0 aliphatic rings. The summed E-state index contributed by atoms with van der Waals surface area (Å²) in [5.41, 5.74) is 2.79. The van der Waals surface area contributed by atoms with Crippen LogP contribution in [-0.4, -0.2) is 18.1 Å². The minimum atomic E-state index is -0.409. The largest absolute Gasteiger partial charge is 0.464 e. The quantitative estimate of drug-likeness (QED) is 0.869. The molecule has 0 amide bonds. The number of hydrogen-bond donors (Lipinski definition) is 1. The number of aromatic nitrogens is 1. The molecule has 100 valence electrons. The van der Waals surface area contributed by atoms with E-state index in [2.05, 4.69) is 41.0 Å². The van der Waals surface area contributed by atoms with Crippen molar-refractivity contribution in [2.24, 2.45) is 0 Å². The van der Waals surface area contributed by atoms with E-state index < -0.39 is 5.97 Å². The molecule has 0 fully saturated rings. The van der Waals surface area contributed by atoms with Gasteiger partial charge in [-0.05, 0) is 25.0 Å². The van der Waals surface area contributed by atoms with Gasteiger partial charge < -0.3 is 10.1 Å². The Morgan fingerprint density at radius 2 is 2.16 bits per heavy atom. The van der Waals surface area contributed by atoms with Crippen molar-refractivity contribution in [2.75, 3.05) is 12.4 Å². The molecule has 0 aliphatic heterocycles. The normalized spacial score (nSPS) is 11.9. The summed E-state index contributed by atoms with van der Waals surface area (Å²) >= 11 is 1.40. The molecule has 0 spiro atoms. The number of rotatable bonds is 4. The Hall–Kier alpha value is -1.88. The maximum atomic E-state index is 11.3. The van der Waals surface area contributed by atoms with Crippen molar-refractivity contribution in [1.82, 2.24) is 4.98 Å². The number of esters is 1. The number of thiazole rings is 1. The van der Waals surface area contributed by atoms with E-state index in [1.807, 2.05) is 12.1 Å². The van der Waals surface area contributed by atoms with Crippen LogP contribution in [-0.2, 0) is 4.74 Å². The third-order valence-corrected chi connectivity index (χ3v) is 3.67. The van der Waals surface area contributed by atoms with Crippen molar-refractivity contribution < 1.29 is 9.53 Å². The lowest BCUT2D eigenvalue weighted by Gasteiger charge is -2.15. The number of aryl methyl sites for hydroxylation is 1. The van der Waals surface area contributed by atoms with E-state index in [1.165, 1.54) is 29.6 Å². The van der Waals surface area contributed by atoms with Crippen molar-refractivity contribution in [3.8, 4) is 0 Å². The summed E-state index contributed by atoms with van der Waals surface area (Å²) in [4.78, 5) is 15.5. The molecule has 2 rings (SSSR count). The predicted octanol–water partition coefficient (Wildman–Crippen LogP) is 3.41. The van der Waals surface area contributed by atoms with Crippen molar-refractivity contribution >= 4 is 22.4 Å². The fraction of sp³-hybridized carbons (Fsp3) is 0.286. The number of nitrogens with one attached hydrogen (secondary N) is 1. The Morgan fingerprint density at radius 3 is 2.84 bits per heavy atom. The van der Waals surface area contributed by atoms with Crippen molar-refractivity contribution in [3.63, 3.8) is 0 Å². The fourth-order valence-corrected chi connectivity index (χ4v) is 2.64. The summed E-state index contributed by atoms with van der Waals surface area (Å²) in [6.45, 7) is 4.15. The molecule has 1 aromatic heterocycles. The van der Waals surface area contributed by atoms with Crippen LogP contribution in [0, 0.1) is 6.92 Å². The highest BCUT2D eigenvalue weighted by Gasteiger charge is 2.13. The predicted molar refractivity (Wildman–Crippen MR) is 76.7 cm³/mol. The van der Waals surface area contributed by atoms with Crippen molar-refractivity contribution in [2.45, 2.75) is 19.9 Å². The summed E-state index contributed by atoms with van der Waals surface area (Å²) in [5, 5.41) is 5.71. The van der Waals surface area contributed by atoms with E-state index in [9.17, 15) is 4.79 Å².